The minimum atomic E-state index is -9.78. The smallest absolute Gasteiger partial charge is 0.410 e. The standard InChI is InChI=1S/C14H19F5N2O3S/c1-14(2,3)24-13(22)21-7-9(8-21)23-12-5-4-10(6-11(12)20)25(15,16,17,18)19/h4-6,9H,7-8,20H2,1-3H3. The summed E-state index contributed by atoms with van der Waals surface area (Å²) in [7, 11) is -9.78. The van der Waals surface area contributed by atoms with Crippen LogP contribution in [0.1, 0.15) is 20.8 Å². The van der Waals surface area contributed by atoms with E-state index in [0.717, 1.165) is 6.07 Å². The molecular weight excluding hydrogens is 371 g/mol. The van der Waals surface area contributed by atoms with Crippen LogP contribution in [0.4, 0.5) is 29.9 Å². The Morgan fingerprint density at radius 3 is 2.20 bits per heavy atom. The molecule has 1 aliphatic rings. The number of benzene rings is 1. The quantitative estimate of drug-likeness (QED) is 0.587. The summed E-state index contributed by atoms with van der Waals surface area (Å²) in [6.45, 7) is 5.42. The predicted octanol–water partition coefficient (Wildman–Crippen LogP) is 4.92. The summed E-state index contributed by atoms with van der Waals surface area (Å²) in [6, 6.07) is 1.14. The third kappa shape index (κ3) is 5.03. The molecule has 0 bridgehead atoms. The highest BCUT2D eigenvalue weighted by molar-refractivity contribution is 8.45. The molecular formula is C14H19F5N2O3S. The number of nitrogens with two attached hydrogens (primary N) is 1. The molecule has 1 fully saturated rings. The highest BCUT2D eigenvalue weighted by Gasteiger charge is 2.65. The van der Waals surface area contributed by atoms with Gasteiger partial charge >= 0.3 is 16.3 Å². The third-order valence-corrected chi connectivity index (χ3v) is 4.36. The van der Waals surface area contributed by atoms with Crippen LogP contribution < -0.4 is 10.5 Å². The zero-order valence-electron chi connectivity index (χ0n) is 13.8. The van der Waals surface area contributed by atoms with Gasteiger partial charge in [-0.2, -0.15) is 0 Å². The minimum absolute atomic E-state index is 0.150. The Kier molecular flexibility index (Phi) is 3.93. The molecule has 0 unspecified atom stereocenters. The van der Waals surface area contributed by atoms with Crippen molar-refractivity contribution in [1.29, 1.82) is 0 Å². The maximum Gasteiger partial charge on any atom is 0.410 e. The number of ether oxygens (including phenoxy) is 2. The van der Waals surface area contributed by atoms with Gasteiger partial charge in [-0.15, -0.1) is 0 Å². The van der Waals surface area contributed by atoms with E-state index in [4.69, 9.17) is 15.2 Å². The van der Waals surface area contributed by atoms with E-state index in [0.29, 0.717) is 0 Å². The first-order chi connectivity index (χ1) is 10.9. The highest BCUT2D eigenvalue weighted by Crippen LogP contribution is 3.02. The first-order valence-corrected chi connectivity index (χ1v) is 9.18. The van der Waals surface area contributed by atoms with E-state index in [1.165, 1.54) is 4.90 Å². The van der Waals surface area contributed by atoms with Crippen LogP contribution in [0.15, 0.2) is 23.1 Å². The number of carbonyl (C=O) groups is 1. The van der Waals surface area contributed by atoms with E-state index in [9.17, 15) is 24.2 Å². The molecule has 0 aliphatic carbocycles. The zero-order valence-corrected chi connectivity index (χ0v) is 14.6. The van der Waals surface area contributed by atoms with Crippen LogP contribution >= 0.6 is 10.2 Å². The molecule has 11 heteroatoms. The fraction of sp³-hybridized carbons (Fsp3) is 0.500. The number of hydrogen-bond donors (Lipinski definition) is 1. The summed E-state index contributed by atoms with van der Waals surface area (Å²) in [5, 5.41) is 0. The Balaban J connectivity index is 1.99. The molecule has 1 aromatic rings. The lowest BCUT2D eigenvalue weighted by atomic mass is 10.1. The zero-order chi connectivity index (χ0) is 19.3. The van der Waals surface area contributed by atoms with Crippen molar-refractivity contribution < 1.29 is 33.7 Å². The largest absolute Gasteiger partial charge is 0.485 e. The molecule has 144 valence electrons. The Labute approximate surface area is 141 Å². The van der Waals surface area contributed by atoms with Crippen molar-refractivity contribution in [3.63, 3.8) is 0 Å². The summed E-state index contributed by atoms with van der Waals surface area (Å²) in [5.41, 5.74) is 4.18. The Bertz CT molecular complexity index is 697. The van der Waals surface area contributed by atoms with Crippen molar-refractivity contribution in [3.8, 4) is 5.75 Å². The molecule has 0 spiro atoms. The molecule has 25 heavy (non-hydrogen) atoms. The van der Waals surface area contributed by atoms with Crippen LogP contribution in [-0.4, -0.2) is 35.8 Å². The maximum atomic E-state index is 12.7. The number of anilines is 1. The van der Waals surface area contributed by atoms with Gasteiger partial charge in [-0.25, -0.2) is 4.79 Å². The average Bonchev–Trinajstić information content (AvgIpc) is 2.29. The van der Waals surface area contributed by atoms with E-state index in [1.54, 1.807) is 20.8 Å². The van der Waals surface area contributed by atoms with Gasteiger partial charge in [0, 0.05) is 0 Å². The fourth-order valence-corrected chi connectivity index (χ4v) is 2.72. The number of halogens is 5. The maximum absolute atomic E-state index is 12.7. The molecule has 2 N–H and O–H groups in total. The molecule has 0 atom stereocenters. The van der Waals surface area contributed by atoms with Crippen molar-refractivity contribution in [2.24, 2.45) is 0 Å². The van der Waals surface area contributed by atoms with Gasteiger partial charge in [-0.05, 0) is 39.0 Å². The van der Waals surface area contributed by atoms with Crippen LogP contribution in [0.5, 0.6) is 5.75 Å². The SMILES string of the molecule is CC(C)(C)OC(=O)N1CC(Oc2ccc(S(F)(F)(F)(F)F)cc2N)C1. The van der Waals surface area contributed by atoms with E-state index in [1.807, 2.05) is 0 Å². The molecule has 1 amide bonds. The van der Waals surface area contributed by atoms with Crippen LogP contribution in [0.2, 0.25) is 0 Å². The second-order valence-corrected chi connectivity index (χ2v) is 9.20. The number of rotatable bonds is 3. The van der Waals surface area contributed by atoms with E-state index in [-0.39, 0.29) is 31.0 Å². The van der Waals surface area contributed by atoms with E-state index >= 15 is 0 Å². The van der Waals surface area contributed by atoms with Gasteiger partial charge in [-0.1, -0.05) is 19.4 Å². The number of nitrogens with zero attached hydrogens (tertiary/aromatic N) is 1. The summed E-state index contributed by atoms with van der Waals surface area (Å²) in [5.74, 6) is -0.153. The number of likely N-dealkylation sites (tertiary alicyclic amines) is 1. The van der Waals surface area contributed by atoms with Crippen LogP contribution in [0, 0.1) is 0 Å². The molecule has 0 aromatic heterocycles. The van der Waals surface area contributed by atoms with Crippen LogP contribution in [0.3, 0.4) is 0 Å². The normalized spacial score (nSPS) is 18.8. The first-order valence-electron chi connectivity index (χ1n) is 7.23. The lowest BCUT2D eigenvalue weighted by molar-refractivity contribution is -0.0219. The number of carbonyl (C=O) groups excluding carboxylic acids is 1. The summed E-state index contributed by atoms with van der Waals surface area (Å²) >= 11 is 0. The van der Waals surface area contributed by atoms with Crippen molar-refractivity contribution in [3.05, 3.63) is 18.2 Å². The van der Waals surface area contributed by atoms with Gasteiger partial charge < -0.3 is 20.1 Å². The summed E-state index contributed by atoms with van der Waals surface area (Å²) in [6.07, 6.45) is -1.06. The monoisotopic (exact) mass is 390 g/mol. The number of amides is 1. The molecule has 0 radical (unpaired) electrons. The Morgan fingerprint density at radius 1 is 1.20 bits per heavy atom. The van der Waals surface area contributed by atoms with E-state index < -0.39 is 38.6 Å². The van der Waals surface area contributed by atoms with Crippen LogP contribution in [0.25, 0.3) is 0 Å². The van der Waals surface area contributed by atoms with Gasteiger partial charge in [0.25, 0.3) is 0 Å². The van der Waals surface area contributed by atoms with Crippen molar-refractivity contribution >= 4 is 22.0 Å². The minimum Gasteiger partial charge on any atom is -0.485 e. The Hall–Kier alpha value is -1.91. The predicted molar refractivity (Wildman–Crippen MR) is 84.5 cm³/mol. The van der Waals surface area contributed by atoms with Crippen LogP contribution in [-0.2, 0) is 4.74 Å². The molecule has 2 rings (SSSR count). The molecule has 1 aliphatic heterocycles. The second-order valence-electron chi connectivity index (χ2n) is 6.79. The molecule has 5 nitrogen and oxygen atoms in total. The van der Waals surface area contributed by atoms with E-state index in [2.05, 4.69) is 0 Å². The fourth-order valence-electron chi connectivity index (χ4n) is 2.04. The summed E-state index contributed by atoms with van der Waals surface area (Å²) in [4.78, 5) is 11.0. The molecule has 0 saturated carbocycles. The topological polar surface area (TPSA) is 64.8 Å². The third-order valence-electron chi connectivity index (χ3n) is 3.22. The van der Waals surface area contributed by atoms with Crippen molar-refractivity contribution in [2.45, 2.75) is 37.4 Å². The first kappa shape index (κ1) is 19.4. The average molecular weight is 390 g/mol. The van der Waals surface area contributed by atoms with Crippen molar-refractivity contribution in [1.82, 2.24) is 4.90 Å². The lowest BCUT2D eigenvalue weighted by Crippen LogP contribution is -2.57. The summed E-state index contributed by atoms with van der Waals surface area (Å²) < 4.78 is 74.1. The van der Waals surface area contributed by atoms with Gasteiger partial charge in [0.15, 0.2) is 0 Å². The second kappa shape index (κ2) is 5.05. The lowest BCUT2D eigenvalue weighted by Gasteiger charge is -2.41. The van der Waals surface area contributed by atoms with Gasteiger partial charge in [0.1, 0.15) is 22.4 Å². The highest BCUT2D eigenvalue weighted by atomic mass is 32.5. The van der Waals surface area contributed by atoms with Gasteiger partial charge in [0.05, 0.1) is 18.8 Å². The van der Waals surface area contributed by atoms with Gasteiger partial charge in [-0.3, -0.25) is 0 Å². The number of hydrogen-bond acceptors (Lipinski definition) is 4. The Morgan fingerprint density at radius 2 is 1.76 bits per heavy atom. The van der Waals surface area contributed by atoms with Gasteiger partial charge in [0.2, 0.25) is 0 Å². The molecule has 1 saturated heterocycles. The molecule has 1 aromatic carbocycles. The van der Waals surface area contributed by atoms with Crippen molar-refractivity contribution in [2.75, 3.05) is 18.8 Å². The number of nitrogen functional groups attached to an aromatic ring is 1. The molecule has 1 heterocycles.